The van der Waals surface area contributed by atoms with Crippen LogP contribution in [0.3, 0.4) is 0 Å². The fourth-order valence-corrected chi connectivity index (χ4v) is 4.84. The first-order valence-electron chi connectivity index (χ1n) is 12.3. The van der Waals surface area contributed by atoms with Crippen molar-refractivity contribution >= 4 is 11.6 Å². The molecule has 180 valence electrons. The van der Waals surface area contributed by atoms with Crippen molar-refractivity contribution in [3.63, 3.8) is 0 Å². The van der Waals surface area contributed by atoms with Crippen LogP contribution in [0.2, 0.25) is 0 Å². The highest BCUT2D eigenvalue weighted by Gasteiger charge is 2.34. The SMILES string of the molecule is Cc1ccc([C@H]2CC(c3cccc(F)c3)=NN2C(=O)CN2CCN(Cc3ccccc3)CC2)cc1. The van der Waals surface area contributed by atoms with Gasteiger partial charge in [-0.3, -0.25) is 14.6 Å². The van der Waals surface area contributed by atoms with Crippen molar-refractivity contribution in [2.24, 2.45) is 5.10 Å². The maximum absolute atomic E-state index is 13.9. The monoisotopic (exact) mass is 470 g/mol. The van der Waals surface area contributed by atoms with Crippen LogP contribution in [-0.4, -0.2) is 59.2 Å². The molecular weight excluding hydrogens is 439 g/mol. The van der Waals surface area contributed by atoms with E-state index in [1.165, 1.54) is 23.3 Å². The van der Waals surface area contributed by atoms with Crippen LogP contribution in [0.5, 0.6) is 0 Å². The Balaban J connectivity index is 1.27. The van der Waals surface area contributed by atoms with E-state index in [1.54, 1.807) is 11.1 Å². The van der Waals surface area contributed by atoms with Gasteiger partial charge in [0.25, 0.3) is 5.91 Å². The lowest BCUT2D eigenvalue weighted by Crippen LogP contribution is -2.49. The summed E-state index contributed by atoms with van der Waals surface area (Å²) in [5.74, 6) is -0.311. The quantitative estimate of drug-likeness (QED) is 0.527. The van der Waals surface area contributed by atoms with E-state index in [9.17, 15) is 9.18 Å². The van der Waals surface area contributed by atoms with Crippen molar-refractivity contribution in [1.29, 1.82) is 0 Å². The van der Waals surface area contributed by atoms with Gasteiger partial charge in [-0.05, 0) is 30.2 Å². The Hall–Kier alpha value is -3.35. The summed E-state index contributed by atoms with van der Waals surface area (Å²) < 4.78 is 13.9. The number of aryl methyl sites for hydroxylation is 1. The zero-order valence-corrected chi connectivity index (χ0v) is 20.1. The molecule has 1 amide bonds. The molecule has 0 bridgehead atoms. The molecule has 1 fully saturated rings. The minimum absolute atomic E-state index is 0.0153. The van der Waals surface area contributed by atoms with Crippen molar-refractivity contribution in [1.82, 2.24) is 14.8 Å². The summed E-state index contributed by atoms with van der Waals surface area (Å²) in [5, 5.41) is 6.34. The van der Waals surface area contributed by atoms with E-state index < -0.39 is 0 Å². The van der Waals surface area contributed by atoms with Gasteiger partial charge in [0.2, 0.25) is 0 Å². The van der Waals surface area contributed by atoms with E-state index in [2.05, 4.69) is 58.3 Å². The molecule has 2 aliphatic heterocycles. The Labute approximate surface area is 206 Å². The molecule has 0 N–H and O–H groups in total. The highest BCUT2D eigenvalue weighted by molar-refractivity contribution is 6.03. The molecule has 0 saturated carbocycles. The predicted molar refractivity (Wildman–Crippen MR) is 136 cm³/mol. The molecule has 5 nitrogen and oxygen atoms in total. The van der Waals surface area contributed by atoms with Gasteiger partial charge in [-0.1, -0.05) is 72.3 Å². The predicted octanol–water partition coefficient (Wildman–Crippen LogP) is 4.63. The number of hydrazone groups is 1. The maximum atomic E-state index is 13.9. The molecule has 1 atom stereocenters. The summed E-state index contributed by atoms with van der Waals surface area (Å²) in [6.45, 7) is 6.88. The number of halogens is 1. The molecule has 2 heterocycles. The van der Waals surface area contributed by atoms with Crippen LogP contribution >= 0.6 is 0 Å². The van der Waals surface area contributed by atoms with E-state index in [0.717, 1.165) is 49.6 Å². The van der Waals surface area contributed by atoms with Gasteiger partial charge in [-0.15, -0.1) is 0 Å². The molecular formula is C29H31FN4O. The summed E-state index contributed by atoms with van der Waals surface area (Å²) >= 11 is 0. The van der Waals surface area contributed by atoms with Crippen molar-refractivity contribution < 1.29 is 9.18 Å². The van der Waals surface area contributed by atoms with E-state index in [0.29, 0.717) is 13.0 Å². The largest absolute Gasteiger partial charge is 0.297 e. The van der Waals surface area contributed by atoms with Gasteiger partial charge in [0.1, 0.15) is 5.82 Å². The van der Waals surface area contributed by atoms with E-state index >= 15 is 0 Å². The fraction of sp³-hybridized carbons (Fsp3) is 0.310. The minimum atomic E-state index is -0.296. The third kappa shape index (κ3) is 5.66. The van der Waals surface area contributed by atoms with Crippen LogP contribution in [0.4, 0.5) is 4.39 Å². The van der Waals surface area contributed by atoms with E-state index in [4.69, 9.17) is 5.10 Å². The van der Waals surface area contributed by atoms with Crippen molar-refractivity contribution in [3.05, 3.63) is 107 Å². The lowest BCUT2D eigenvalue weighted by atomic mass is 9.97. The van der Waals surface area contributed by atoms with Gasteiger partial charge in [-0.25, -0.2) is 9.40 Å². The van der Waals surface area contributed by atoms with Gasteiger partial charge >= 0.3 is 0 Å². The third-order valence-corrected chi connectivity index (χ3v) is 6.86. The first-order valence-corrected chi connectivity index (χ1v) is 12.3. The molecule has 3 aromatic carbocycles. The van der Waals surface area contributed by atoms with E-state index in [1.807, 2.05) is 19.1 Å². The first-order chi connectivity index (χ1) is 17.0. The van der Waals surface area contributed by atoms with Gasteiger partial charge < -0.3 is 0 Å². The highest BCUT2D eigenvalue weighted by atomic mass is 19.1. The number of nitrogens with zero attached hydrogens (tertiary/aromatic N) is 4. The van der Waals surface area contributed by atoms with E-state index in [-0.39, 0.29) is 17.8 Å². The first kappa shape index (κ1) is 23.4. The van der Waals surface area contributed by atoms with Crippen LogP contribution in [0, 0.1) is 12.7 Å². The number of carbonyl (C=O) groups excluding carboxylic acids is 1. The van der Waals surface area contributed by atoms with Gasteiger partial charge in [0, 0.05) is 44.7 Å². The maximum Gasteiger partial charge on any atom is 0.257 e. The molecule has 35 heavy (non-hydrogen) atoms. The molecule has 0 aromatic heterocycles. The molecule has 6 heteroatoms. The molecule has 1 saturated heterocycles. The molecule has 0 unspecified atom stereocenters. The number of piperazine rings is 1. The summed E-state index contributed by atoms with van der Waals surface area (Å²) in [5.41, 5.74) is 5.01. The molecule has 2 aliphatic rings. The van der Waals surface area contributed by atoms with Crippen LogP contribution in [-0.2, 0) is 11.3 Å². The van der Waals surface area contributed by atoms with Crippen molar-refractivity contribution in [3.8, 4) is 0 Å². The lowest BCUT2D eigenvalue weighted by molar-refractivity contribution is -0.134. The zero-order valence-electron chi connectivity index (χ0n) is 20.1. The zero-order chi connectivity index (χ0) is 24.2. The second-order valence-corrected chi connectivity index (χ2v) is 9.46. The summed E-state index contributed by atoms with van der Waals surface area (Å²) in [6.07, 6.45) is 0.573. The summed E-state index contributed by atoms with van der Waals surface area (Å²) in [7, 11) is 0. The Morgan fingerprint density at radius 3 is 2.34 bits per heavy atom. The fourth-order valence-electron chi connectivity index (χ4n) is 4.84. The number of rotatable bonds is 6. The standard InChI is InChI=1S/C29H31FN4O/c1-22-10-12-24(13-11-22)28-19-27(25-8-5-9-26(30)18-25)31-34(28)29(35)21-33-16-14-32(15-17-33)20-23-6-3-2-4-7-23/h2-13,18,28H,14-17,19-21H2,1H3/t28-/m1/s1. The Morgan fingerprint density at radius 1 is 0.914 bits per heavy atom. The lowest BCUT2D eigenvalue weighted by Gasteiger charge is -2.35. The molecule has 0 radical (unpaired) electrons. The Bertz CT molecular complexity index is 1190. The average Bonchev–Trinajstić information content (AvgIpc) is 3.32. The highest BCUT2D eigenvalue weighted by Crippen LogP contribution is 2.33. The summed E-state index contributed by atoms with van der Waals surface area (Å²) in [4.78, 5) is 18.1. The van der Waals surface area contributed by atoms with Crippen LogP contribution in [0.1, 0.15) is 34.7 Å². The topological polar surface area (TPSA) is 39.2 Å². The minimum Gasteiger partial charge on any atom is -0.297 e. The van der Waals surface area contributed by atoms with Crippen molar-refractivity contribution in [2.45, 2.75) is 25.9 Å². The Kier molecular flexibility index (Phi) is 7.02. The normalized spacial score (nSPS) is 19.1. The van der Waals surface area contributed by atoms with Gasteiger partial charge in [0.15, 0.2) is 0 Å². The molecule has 0 aliphatic carbocycles. The van der Waals surface area contributed by atoms with Crippen molar-refractivity contribution in [2.75, 3.05) is 32.7 Å². The number of benzene rings is 3. The second-order valence-electron chi connectivity index (χ2n) is 9.46. The van der Waals surface area contributed by atoms with Gasteiger partial charge in [0.05, 0.1) is 18.3 Å². The van der Waals surface area contributed by atoms with Gasteiger partial charge in [-0.2, -0.15) is 5.10 Å². The van der Waals surface area contributed by atoms with Crippen LogP contribution in [0.15, 0.2) is 84.0 Å². The number of hydrogen-bond acceptors (Lipinski definition) is 4. The number of amides is 1. The van der Waals surface area contributed by atoms with Crippen LogP contribution < -0.4 is 0 Å². The number of hydrogen-bond donors (Lipinski definition) is 0. The molecule has 3 aromatic rings. The molecule has 0 spiro atoms. The average molecular weight is 471 g/mol. The third-order valence-electron chi connectivity index (χ3n) is 6.86. The smallest absolute Gasteiger partial charge is 0.257 e. The van der Waals surface area contributed by atoms with Crippen LogP contribution in [0.25, 0.3) is 0 Å². The Morgan fingerprint density at radius 2 is 1.63 bits per heavy atom. The molecule has 5 rings (SSSR count). The number of carbonyl (C=O) groups is 1. The second kappa shape index (κ2) is 10.5. The summed E-state index contributed by atoms with van der Waals surface area (Å²) in [6, 6.07) is 25.0.